The van der Waals surface area contributed by atoms with Gasteiger partial charge in [0.15, 0.2) is 0 Å². The van der Waals surface area contributed by atoms with E-state index in [-0.39, 0.29) is 5.91 Å². The first-order valence-electron chi connectivity index (χ1n) is 6.89. The van der Waals surface area contributed by atoms with Gasteiger partial charge in [-0.15, -0.1) is 0 Å². The summed E-state index contributed by atoms with van der Waals surface area (Å²) in [4.78, 5) is 24.0. The van der Waals surface area contributed by atoms with Crippen LogP contribution in [0.4, 0.5) is 4.79 Å². The quantitative estimate of drug-likeness (QED) is 0.911. The maximum atomic E-state index is 12.3. The number of carbonyl (C=O) groups is 2. The molecule has 0 aromatic heterocycles. The molecular formula is C16H23NO3. The van der Waals surface area contributed by atoms with Gasteiger partial charge in [-0.3, -0.25) is 9.69 Å². The maximum absolute atomic E-state index is 12.3. The second kappa shape index (κ2) is 6.55. The molecule has 1 aromatic carbocycles. The van der Waals surface area contributed by atoms with Crippen LogP contribution in [0.1, 0.15) is 55.7 Å². The fraction of sp³-hybridized carbons (Fsp3) is 0.500. The van der Waals surface area contributed by atoms with Crippen molar-refractivity contribution < 1.29 is 14.7 Å². The molecule has 1 aromatic rings. The van der Waals surface area contributed by atoms with E-state index in [0.29, 0.717) is 12.3 Å². The van der Waals surface area contributed by atoms with Crippen LogP contribution >= 0.6 is 0 Å². The molecule has 1 unspecified atom stereocenters. The van der Waals surface area contributed by atoms with Gasteiger partial charge < -0.3 is 5.11 Å². The van der Waals surface area contributed by atoms with E-state index in [9.17, 15) is 9.59 Å². The molecule has 2 amide bonds. The van der Waals surface area contributed by atoms with Gasteiger partial charge in [-0.25, -0.2) is 4.79 Å². The standard InChI is InChI=1S/C16H23NO3/c1-6-14(15(18)17(5)16(19)20)13-8-11(4)7-12(9-13)10(2)3/h7-10,14H,6H2,1-5H3,(H,19,20). The molecule has 4 heteroatoms. The summed E-state index contributed by atoms with van der Waals surface area (Å²) >= 11 is 0. The lowest BCUT2D eigenvalue weighted by Gasteiger charge is -2.21. The van der Waals surface area contributed by atoms with E-state index in [2.05, 4.69) is 19.9 Å². The Morgan fingerprint density at radius 1 is 1.20 bits per heavy atom. The molecule has 0 fully saturated rings. The van der Waals surface area contributed by atoms with Gasteiger partial charge in [0.25, 0.3) is 0 Å². The van der Waals surface area contributed by atoms with Crippen LogP contribution in [0.5, 0.6) is 0 Å². The minimum absolute atomic E-state index is 0.374. The fourth-order valence-electron chi connectivity index (χ4n) is 2.26. The Balaban J connectivity index is 3.18. The molecule has 20 heavy (non-hydrogen) atoms. The fourth-order valence-corrected chi connectivity index (χ4v) is 2.26. The maximum Gasteiger partial charge on any atom is 0.413 e. The Morgan fingerprint density at radius 3 is 2.20 bits per heavy atom. The van der Waals surface area contributed by atoms with E-state index in [1.807, 2.05) is 26.0 Å². The smallest absolute Gasteiger partial charge is 0.413 e. The summed E-state index contributed by atoms with van der Waals surface area (Å²) in [5.41, 5.74) is 3.16. The molecule has 0 saturated carbocycles. The number of amides is 2. The molecule has 0 saturated heterocycles. The molecule has 1 N–H and O–H groups in total. The minimum atomic E-state index is -1.22. The average Bonchev–Trinajstić information content (AvgIpc) is 2.37. The number of hydrogen-bond donors (Lipinski definition) is 1. The largest absolute Gasteiger partial charge is 0.465 e. The topological polar surface area (TPSA) is 57.6 Å². The van der Waals surface area contributed by atoms with Crippen LogP contribution in [0, 0.1) is 6.92 Å². The Morgan fingerprint density at radius 2 is 1.75 bits per heavy atom. The van der Waals surface area contributed by atoms with Crippen LogP contribution < -0.4 is 0 Å². The zero-order valence-electron chi connectivity index (χ0n) is 12.8. The number of carboxylic acid groups (broad SMARTS) is 1. The molecular weight excluding hydrogens is 254 g/mol. The number of rotatable bonds is 4. The first-order valence-corrected chi connectivity index (χ1v) is 6.89. The molecule has 1 atom stereocenters. The highest BCUT2D eigenvalue weighted by molar-refractivity contribution is 5.94. The summed E-state index contributed by atoms with van der Waals surface area (Å²) < 4.78 is 0. The minimum Gasteiger partial charge on any atom is -0.465 e. The summed E-state index contributed by atoms with van der Waals surface area (Å²) in [5.74, 6) is -0.410. The van der Waals surface area contributed by atoms with Crippen LogP contribution in [0.2, 0.25) is 0 Å². The molecule has 4 nitrogen and oxygen atoms in total. The number of likely N-dealkylation sites (N-methyl/N-ethyl adjacent to an activating group) is 1. The second-order valence-electron chi connectivity index (χ2n) is 5.47. The van der Waals surface area contributed by atoms with Gasteiger partial charge in [0, 0.05) is 7.05 Å². The van der Waals surface area contributed by atoms with Gasteiger partial charge in [0.1, 0.15) is 0 Å². The SMILES string of the molecule is CCC(C(=O)N(C)C(=O)O)c1cc(C)cc(C(C)C)c1. The monoisotopic (exact) mass is 277 g/mol. The number of benzene rings is 1. The van der Waals surface area contributed by atoms with Crippen LogP contribution in [0.3, 0.4) is 0 Å². The van der Waals surface area contributed by atoms with Gasteiger partial charge in [0.05, 0.1) is 5.92 Å². The molecule has 0 aliphatic heterocycles. The highest BCUT2D eigenvalue weighted by Crippen LogP contribution is 2.27. The lowest BCUT2D eigenvalue weighted by molar-refractivity contribution is -0.129. The number of carbonyl (C=O) groups excluding carboxylic acids is 1. The molecule has 110 valence electrons. The van der Waals surface area contributed by atoms with Crippen molar-refractivity contribution in [2.24, 2.45) is 0 Å². The van der Waals surface area contributed by atoms with Crippen LogP contribution in [0.25, 0.3) is 0 Å². The summed E-state index contributed by atoms with van der Waals surface area (Å²) in [5, 5.41) is 8.95. The van der Waals surface area contributed by atoms with Crippen molar-refractivity contribution in [1.82, 2.24) is 4.90 Å². The second-order valence-corrected chi connectivity index (χ2v) is 5.47. The lowest BCUT2D eigenvalue weighted by Crippen LogP contribution is -2.35. The van der Waals surface area contributed by atoms with Crippen molar-refractivity contribution in [3.8, 4) is 0 Å². The third-order valence-corrected chi connectivity index (χ3v) is 3.51. The predicted octanol–water partition coefficient (Wildman–Crippen LogP) is 3.75. The zero-order valence-corrected chi connectivity index (χ0v) is 12.8. The predicted molar refractivity (Wildman–Crippen MR) is 79.1 cm³/mol. The van der Waals surface area contributed by atoms with E-state index in [1.54, 1.807) is 0 Å². The number of hydrogen-bond acceptors (Lipinski definition) is 2. The van der Waals surface area contributed by atoms with Gasteiger partial charge in [-0.2, -0.15) is 0 Å². The van der Waals surface area contributed by atoms with Crippen LogP contribution in [-0.4, -0.2) is 29.1 Å². The van der Waals surface area contributed by atoms with Gasteiger partial charge in [0.2, 0.25) is 5.91 Å². The molecule has 0 bridgehead atoms. The average molecular weight is 277 g/mol. The Hall–Kier alpha value is -1.84. The molecule has 0 aliphatic rings. The van der Waals surface area contributed by atoms with E-state index in [0.717, 1.165) is 16.0 Å². The molecule has 0 spiro atoms. The molecule has 1 rings (SSSR count). The van der Waals surface area contributed by atoms with Gasteiger partial charge >= 0.3 is 6.09 Å². The zero-order chi connectivity index (χ0) is 15.4. The Labute approximate surface area is 120 Å². The third-order valence-electron chi connectivity index (χ3n) is 3.51. The first kappa shape index (κ1) is 16.2. The molecule has 0 heterocycles. The van der Waals surface area contributed by atoms with E-state index >= 15 is 0 Å². The first-order chi connectivity index (χ1) is 9.27. The van der Waals surface area contributed by atoms with Crippen molar-refractivity contribution in [2.45, 2.75) is 46.0 Å². The van der Waals surface area contributed by atoms with E-state index in [4.69, 9.17) is 5.11 Å². The Kier molecular flexibility index (Phi) is 5.31. The van der Waals surface area contributed by atoms with Crippen molar-refractivity contribution in [1.29, 1.82) is 0 Å². The number of imide groups is 1. The summed E-state index contributed by atoms with van der Waals surface area (Å²) in [6.45, 7) is 8.10. The summed E-state index contributed by atoms with van der Waals surface area (Å²) in [7, 11) is 1.30. The van der Waals surface area contributed by atoms with Gasteiger partial charge in [-0.05, 0) is 30.4 Å². The summed E-state index contributed by atoms with van der Waals surface area (Å²) in [6, 6.07) is 6.08. The number of aryl methyl sites for hydroxylation is 1. The number of nitrogens with zero attached hydrogens (tertiary/aromatic N) is 1. The molecule has 0 radical (unpaired) electrons. The highest BCUT2D eigenvalue weighted by Gasteiger charge is 2.26. The molecule has 0 aliphatic carbocycles. The highest BCUT2D eigenvalue weighted by atomic mass is 16.4. The van der Waals surface area contributed by atoms with Crippen LogP contribution in [-0.2, 0) is 4.79 Å². The van der Waals surface area contributed by atoms with Crippen LogP contribution in [0.15, 0.2) is 18.2 Å². The summed E-state index contributed by atoms with van der Waals surface area (Å²) in [6.07, 6.45) is -0.637. The lowest BCUT2D eigenvalue weighted by atomic mass is 9.89. The van der Waals surface area contributed by atoms with Crippen molar-refractivity contribution in [3.05, 3.63) is 34.9 Å². The normalized spacial score (nSPS) is 12.3. The van der Waals surface area contributed by atoms with Gasteiger partial charge in [-0.1, -0.05) is 44.5 Å². The van der Waals surface area contributed by atoms with E-state index < -0.39 is 12.0 Å². The van der Waals surface area contributed by atoms with E-state index in [1.165, 1.54) is 12.6 Å². The Bertz CT molecular complexity index is 508. The third kappa shape index (κ3) is 3.59. The van der Waals surface area contributed by atoms with Crippen molar-refractivity contribution in [2.75, 3.05) is 7.05 Å². The van der Waals surface area contributed by atoms with Crippen molar-refractivity contribution in [3.63, 3.8) is 0 Å². The van der Waals surface area contributed by atoms with Crippen molar-refractivity contribution >= 4 is 12.0 Å².